The van der Waals surface area contributed by atoms with E-state index in [1.807, 2.05) is 0 Å². The lowest BCUT2D eigenvalue weighted by atomic mass is 9.92. The number of rotatable bonds is 3. The summed E-state index contributed by atoms with van der Waals surface area (Å²) in [5.74, 6) is 0.0843. The Morgan fingerprint density at radius 1 is 1.08 bits per heavy atom. The Kier molecular flexibility index (Phi) is 4.16. The second-order valence-corrected chi connectivity index (χ2v) is 8.44. The molecule has 0 amide bonds. The van der Waals surface area contributed by atoms with Crippen LogP contribution < -0.4 is 5.73 Å². The molecule has 2 aromatic heterocycles. The second-order valence-electron chi connectivity index (χ2n) is 6.55. The number of hydrogen-bond donors (Lipinski definition) is 2. The summed E-state index contributed by atoms with van der Waals surface area (Å²) in [6.45, 7) is 0. The minimum atomic E-state index is -3.86. The number of fused-ring (bicyclic) bond motifs is 1. The lowest BCUT2D eigenvalue weighted by Crippen LogP contribution is -2.28. The number of aliphatic hydroxyl groups excluding tert-OH is 1. The lowest BCUT2D eigenvalue weighted by molar-refractivity contribution is 0.0781. The van der Waals surface area contributed by atoms with Gasteiger partial charge in [-0.15, -0.1) is 0 Å². The molecule has 8 heteroatoms. The maximum absolute atomic E-state index is 13.2. The first-order valence-corrected chi connectivity index (χ1v) is 10.1. The number of benzene rings is 1. The van der Waals surface area contributed by atoms with Gasteiger partial charge in [0, 0.05) is 12.4 Å². The summed E-state index contributed by atoms with van der Waals surface area (Å²) in [7, 11) is -3.86. The van der Waals surface area contributed by atoms with Gasteiger partial charge >= 0.3 is 0 Å². The summed E-state index contributed by atoms with van der Waals surface area (Å²) in [6.07, 6.45) is 5.64. The molecular formula is C18H20N4O3S. The van der Waals surface area contributed by atoms with Gasteiger partial charge in [0.25, 0.3) is 0 Å². The Balaban J connectivity index is 1.99. The van der Waals surface area contributed by atoms with E-state index in [0.717, 1.165) is 19.3 Å². The van der Waals surface area contributed by atoms with Gasteiger partial charge in [0.2, 0.25) is 9.84 Å². The SMILES string of the molecule is Nc1c(S(=O)(=O)c2ccccc2)c2nccnc2n1C1CCCCC1O. The average Bonchev–Trinajstić information content (AvgIpc) is 2.95. The Morgan fingerprint density at radius 3 is 2.50 bits per heavy atom. The fraction of sp³-hybridized carbons (Fsp3) is 0.333. The van der Waals surface area contributed by atoms with Crippen LogP contribution in [-0.2, 0) is 9.84 Å². The molecule has 0 spiro atoms. The molecule has 1 fully saturated rings. The van der Waals surface area contributed by atoms with E-state index in [1.54, 1.807) is 22.8 Å². The van der Waals surface area contributed by atoms with Crippen molar-refractivity contribution in [3.05, 3.63) is 42.7 Å². The monoisotopic (exact) mass is 372 g/mol. The van der Waals surface area contributed by atoms with E-state index in [-0.39, 0.29) is 27.2 Å². The van der Waals surface area contributed by atoms with Gasteiger partial charge in [0.15, 0.2) is 5.65 Å². The van der Waals surface area contributed by atoms with Crippen molar-refractivity contribution in [3.8, 4) is 0 Å². The summed E-state index contributed by atoms with van der Waals surface area (Å²) in [6, 6.07) is 7.84. The van der Waals surface area contributed by atoms with Crippen LogP contribution in [0.4, 0.5) is 5.82 Å². The summed E-state index contributed by atoms with van der Waals surface area (Å²) < 4.78 is 28.1. The maximum Gasteiger partial charge on any atom is 0.212 e. The number of aromatic nitrogens is 3. The molecule has 1 aromatic carbocycles. The van der Waals surface area contributed by atoms with Crippen molar-refractivity contribution >= 4 is 26.8 Å². The van der Waals surface area contributed by atoms with Crippen molar-refractivity contribution in [1.29, 1.82) is 0 Å². The molecule has 2 atom stereocenters. The van der Waals surface area contributed by atoms with E-state index in [4.69, 9.17) is 5.73 Å². The zero-order valence-corrected chi connectivity index (χ0v) is 14.9. The van der Waals surface area contributed by atoms with Crippen molar-refractivity contribution in [2.45, 2.75) is 47.6 Å². The van der Waals surface area contributed by atoms with Crippen LogP contribution in [0, 0.1) is 0 Å². The van der Waals surface area contributed by atoms with Crippen molar-refractivity contribution < 1.29 is 13.5 Å². The zero-order valence-electron chi connectivity index (χ0n) is 14.1. The van der Waals surface area contributed by atoms with Gasteiger partial charge < -0.3 is 15.4 Å². The van der Waals surface area contributed by atoms with E-state index >= 15 is 0 Å². The fourth-order valence-corrected chi connectivity index (χ4v) is 5.25. The molecule has 3 aromatic rings. The molecule has 2 unspecified atom stereocenters. The molecule has 1 aliphatic carbocycles. The standard InChI is InChI=1S/C18H20N4O3S/c19-17-16(26(24,25)12-6-2-1-3-7-12)15-18(21-11-10-20-15)22(17)13-8-4-5-9-14(13)23/h1-3,6-7,10-11,13-14,23H,4-5,8-9,19H2. The van der Waals surface area contributed by atoms with E-state index in [0.29, 0.717) is 12.1 Å². The van der Waals surface area contributed by atoms with E-state index < -0.39 is 15.9 Å². The minimum absolute atomic E-state index is 0.0374. The molecule has 26 heavy (non-hydrogen) atoms. The van der Waals surface area contributed by atoms with Crippen molar-refractivity contribution in [1.82, 2.24) is 14.5 Å². The number of nitrogen functional groups attached to an aromatic ring is 1. The molecule has 1 saturated carbocycles. The molecule has 0 bridgehead atoms. The Labute approximate surface area is 151 Å². The van der Waals surface area contributed by atoms with E-state index in [9.17, 15) is 13.5 Å². The average molecular weight is 372 g/mol. The van der Waals surface area contributed by atoms with Crippen LogP contribution >= 0.6 is 0 Å². The Morgan fingerprint density at radius 2 is 1.77 bits per heavy atom. The molecule has 0 aliphatic heterocycles. The molecule has 4 rings (SSSR count). The normalized spacial score (nSPS) is 21.1. The zero-order chi connectivity index (χ0) is 18.3. The van der Waals surface area contributed by atoms with Crippen LogP contribution in [0.3, 0.4) is 0 Å². The molecular weight excluding hydrogens is 352 g/mol. The molecule has 3 N–H and O–H groups in total. The lowest BCUT2D eigenvalue weighted by Gasteiger charge is -2.30. The molecule has 0 saturated heterocycles. The highest BCUT2D eigenvalue weighted by Gasteiger charge is 2.34. The van der Waals surface area contributed by atoms with Crippen molar-refractivity contribution in [3.63, 3.8) is 0 Å². The van der Waals surface area contributed by atoms with Gasteiger partial charge in [-0.3, -0.25) is 0 Å². The summed E-state index contributed by atoms with van der Waals surface area (Å²) in [5, 5.41) is 10.5. The first-order valence-electron chi connectivity index (χ1n) is 8.60. The molecule has 0 radical (unpaired) electrons. The highest BCUT2D eigenvalue weighted by Crippen LogP contribution is 2.39. The molecule has 2 heterocycles. The number of nitrogens with zero attached hydrogens (tertiary/aromatic N) is 3. The second kappa shape index (κ2) is 6.37. The first kappa shape index (κ1) is 17.0. The predicted molar refractivity (Wildman–Crippen MR) is 97.3 cm³/mol. The molecule has 7 nitrogen and oxygen atoms in total. The van der Waals surface area contributed by atoms with Gasteiger partial charge in [0.05, 0.1) is 17.0 Å². The third kappa shape index (κ3) is 2.57. The molecule has 1 aliphatic rings. The number of sulfone groups is 1. The summed E-state index contributed by atoms with van der Waals surface area (Å²) in [4.78, 5) is 8.69. The van der Waals surface area contributed by atoms with Crippen molar-refractivity contribution in [2.75, 3.05) is 5.73 Å². The van der Waals surface area contributed by atoms with Gasteiger partial charge in [-0.25, -0.2) is 18.4 Å². The van der Waals surface area contributed by atoms with Crippen LogP contribution in [0.1, 0.15) is 31.7 Å². The number of anilines is 1. The highest BCUT2D eigenvalue weighted by atomic mass is 32.2. The quantitative estimate of drug-likeness (QED) is 0.730. The largest absolute Gasteiger partial charge is 0.391 e. The smallest absolute Gasteiger partial charge is 0.212 e. The van der Waals surface area contributed by atoms with Crippen LogP contribution in [0.5, 0.6) is 0 Å². The number of hydrogen-bond acceptors (Lipinski definition) is 6. The third-order valence-corrected chi connectivity index (χ3v) is 6.79. The predicted octanol–water partition coefficient (Wildman–Crippen LogP) is 2.32. The Hall–Kier alpha value is -2.45. The van der Waals surface area contributed by atoms with Gasteiger partial charge in [0.1, 0.15) is 16.2 Å². The summed E-state index contributed by atoms with van der Waals surface area (Å²) in [5.41, 5.74) is 6.96. The van der Waals surface area contributed by atoms with Crippen LogP contribution in [0.15, 0.2) is 52.5 Å². The minimum Gasteiger partial charge on any atom is -0.391 e. The highest BCUT2D eigenvalue weighted by molar-refractivity contribution is 7.92. The maximum atomic E-state index is 13.2. The van der Waals surface area contributed by atoms with Crippen LogP contribution in [0.2, 0.25) is 0 Å². The van der Waals surface area contributed by atoms with E-state index in [1.165, 1.54) is 24.5 Å². The number of aliphatic hydroxyl groups is 1. The Bertz CT molecular complexity index is 1050. The van der Waals surface area contributed by atoms with Crippen LogP contribution in [0.25, 0.3) is 11.2 Å². The fourth-order valence-electron chi connectivity index (χ4n) is 3.72. The topological polar surface area (TPSA) is 111 Å². The van der Waals surface area contributed by atoms with Gasteiger partial charge in [-0.1, -0.05) is 31.0 Å². The van der Waals surface area contributed by atoms with Gasteiger partial charge in [-0.2, -0.15) is 0 Å². The van der Waals surface area contributed by atoms with E-state index in [2.05, 4.69) is 9.97 Å². The van der Waals surface area contributed by atoms with Gasteiger partial charge in [-0.05, 0) is 25.0 Å². The third-order valence-electron chi connectivity index (χ3n) is 4.96. The molecule has 136 valence electrons. The number of nitrogens with two attached hydrogens (primary N) is 1. The van der Waals surface area contributed by atoms with Crippen molar-refractivity contribution in [2.24, 2.45) is 0 Å². The van der Waals surface area contributed by atoms with Crippen LogP contribution in [-0.4, -0.2) is 34.2 Å². The summed E-state index contributed by atoms with van der Waals surface area (Å²) >= 11 is 0. The first-order chi connectivity index (χ1) is 12.5.